The van der Waals surface area contributed by atoms with Crippen LogP contribution in [0.5, 0.6) is 0 Å². The number of likely N-dealkylation sites (tertiary alicyclic amines) is 1. The molecule has 0 radical (unpaired) electrons. The molecule has 0 atom stereocenters. The number of hydrogen-bond donors (Lipinski definition) is 2. The number of piperidine rings is 1. The van der Waals surface area contributed by atoms with E-state index in [4.69, 9.17) is 4.42 Å². The molecule has 6 heteroatoms. The number of rotatable bonds is 5. The Morgan fingerprint density at radius 2 is 1.95 bits per heavy atom. The maximum Gasteiger partial charge on any atom is 0.309 e. The molecule has 1 saturated heterocycles. The number of nitrogens with one attached hydrogen (secondary N) is 2. The van der Waals surface area contributed by atoms with Crippen molar-refractivity contribution in [2.45, 2.75) is 39.3 Å². The fourth-order valence-electron chi connectivity index (χ4n) is 2.65. The van der Waals surface area contributed by atoms with E-state index >= 15 is 0 Å². The van der Waals surface area contributed by atoms with Gasteiger partial charge in [-0.2, -0.15) is 0 Å². The molecule has 0 spiro atoms. The Bertz CT molecular complexity index is 477. The molecule has 0 saturated carbocycles. The lowest BCUT2D eigenvalue weighted by atomic mass is 9.96. The summed E-state index contributed by atoms with van der Waals surface area (Å²) < 4.78 is 5.10. The molecule has 2 heterocycles. The Balaban J connectivity index is 1.64. The van der Waals surface area contributed by atoms with Crippen molar-refractivity contribution < 1.29 is 14.0 Å². The second kappa shape index (κ2) is 7.98. The minimum atomic E-state index is -0.615. The van der Waals surface area contributed by atoms with Gasteiger partial charge in [0.15, 0.2) is 0 Å². The van der Waals surface area contributed by atoms with Gasteiger partial charge in [-0.1, -0.05) is 0 Å². The van der Waals surface area contributed by atoms with Gasteiger partial charge in [0, 0.05) is 12.6 Å². The van der Waals surface area contributed by atoms with Gasteiger partial charge in [-0.3, -0.25) is 9.59 Å². The first kappa shape index (κ1) is 16.5. The van der Waals surface area contributed by atoms with Gasteiger partial charge in [0.2, 0.25) is 0 Å². The van der Waals surface area contributed by atoms with E-state index in [9.17, 15) is 9.59 Å². The van der Waals surface area contributed by atoms with Crippen LogP contribution in [0.3, 0.4) is 0 Å². The first-order chi connectivity index (χ1) is 10.6. The summed E-state index contributed by atoms with van der Waals surface area (Å²) in [5.74, 6) is -0.104. The topological polar surface area (TPSA) is 74.6 Å². The molecule has 6 nitrogen and oxygen atoms in total. The summed E-state index contributed by atoms with van der Waals surface area (Å²) in [5.41, 5.74) is 0. The molecular weight excluding hydrogens is 282 g/mol. The minimum Gasteiger partial charge on any atom is -0.467 e. The van der Waals surface area contributed by atoms with E-state index in [1.807, 2.05) is 0 Å². The van der Waals surface area contributed by atoms with Gasteiger partial charge in [0.1, 0.15) is 5.76 Å². The first-order valence-electron chi connectivity index (χ1n) is 7.88. The molecule has 1 fully saturated rings. The molecule has 1 aromatic rings. The SMILES string of the molecule is CC(C)N1CCC(CNC(=O)C(=O)NCc2ccco2)CC1. The van der Waals surface area contributed by atoms with Crippen molar-refractivity contribution in [1.29, 1.82) is 0 Å². The highest BCUT2D eigenvalue weighted by atomic mass is 16.3. The average molecular weight is 307 g/mol. The van der Waals surface area contributed by atoms with Crippen LogP contribution in [-0.4, -0.2) is 42.4 Å². The summed E-state index contributed by atoms with van der Waals surface area (Å²) in [4.78, 5) is 25.9. The van der Waals surface area contributed by atoms with Gasteiger partial charge in [-0.05, 0) is 57.8 Å². The molecule has 0 aromatic carbocycles. The smallest absolute Gasteiger partial charge is 0.309 e. The molecule has 1 aliphatic rings. The predicted octanol–water partition coefficient (Wildman–Crippen LogP) is 1.13. The van der Waals surface area contributed by atoms with Gasteiger partial charge < -0.3 is 20.0 Å². The van der Waals surface area contributed by atoms with Crippen molar-refractivity contribution in [2.24, 2.45) is 5.92 Å². The Morgan fingerprint density at radius 1 is 1.27 bits per heavy atom. The lowest BCUT2D eigenvalue weighted by Crippen LogP contribution is -2.44. The molecule has 122 valence electrons. The van der Waals surface area contributed by atoms with E-state index in [-0.39, 0.29) is 6.54 Å². The number of carbonyl (C=O) groups is 2. The van der Waals surface area contributed by atoms with E-state index in [1.165, 1.54) is 6.26 Å². The van der Waals surface area contributed by atoms with Crippen molar-refractivity contribution in [3.05, 3.63) is 24.2 Å². The van der Waals surface area contributed by atoms with E-state index in [0.29, 0.717) is 24.3 Å². The summed E-state index contributed by atoms with van der Waals surface area (Å²) in [6.45, 7) is 7.31. The van der Waals surface area contributed by atoms with Crippen LogP contribution in [0.2, 0.25) is 0 Å². The van der Waals surface area contributed by atoms with Gasteiger partial charge >= 0.3 is 11.8 Å². The normalized spacial score (nSPS) is 16.7. The maximum absolute atomic E-state index is 11.8. The van der Waals surface area contributed by atoms with Crippen LogP contribution in [0.15, 0.2) is 22.8 Å². The third kappa shape index (κ3) is 4.87. The number of hydrogen-bond acceptors (Lipinski definition) is 4. The summed E-state index contributed by atoms with van der Waals surface area (Å²) in [6.07, 6.45) is 3.66. The molecule has 22 heavy (non-hydrogen) atoms. The zero-order chi connectivity index (χ0) is 15.9. The van der Waals surface area contributed by atoms with Gasteiger partial charge in [0.25, 0.3) is 0 Å². The second-order valence-electron chi connectivity index (χ2n) is 6.05. The highest BCUT2D eigenvalue weighted by molar-refractivity contribution is 6.35. The van der Waals surface area contributed by atoms with Crippen molar-refractivity contribution in [2.75, 3.05) is 19.6 Å². The maximum atomic E-state index is 11.8. The van der Waals surface area contributed by atoms with Crippen molar-refractivity contribution in [3.63, 3.8) is 0 Å². The lowest BCUT2D eigenvalue weighted by Gasteiger charge is -2.34. The Kier molecular flexibility index (Phi) is 6.00. The van der Waals surface area contributed by atoms with Gasteiger partial charge in [-0.15, -0.1) is 0 Å². The number of furan rings is 1. The highest BCUT2D eigenvalue weighted by Crippen LogP contribution is 2.17. The number of nitrogens with zero attached hydrogens (tertiary/aromatic N) is 1. The largest absolute Gasteiger partial charge is 0.467 e. The summed E-state index contributed by atoms with van der Waals surface area (Å²) >= 11 is 0. The molecule has 0 unspecified atom stereocenters. The molecule has 1 aromatic heterocycles. The molecule has 2 N–H and O–H groups in total. The molecule has 2 rings (SSSR count). The van der Waals surface area contributed by atoms with Crippen molar-refractivity contribution >= 4 is 11.8 Å². The third-order valence-corrected chi connectivity index (χ3v) is 4.14. The zero-order valence-electron chi connectivity index (χ0n) is 13.3. The minimum absolute atomic E-state index is 0.228. The lowest BCUT2D eigenvalue weighted by molar-refractivity contribution is -0.139. The van der Waals surface area contributed by atoms with Crippen LogP contribution >= 0.6 is 0 Å². The first-order valence-corrected chi connectivity index (χ1v) is 7.88. The van der Waals surface area contributed by atoms with Crippen LogP contribution < -0.4 is 10.6 Å². The molecular formula is C16H25N3O3. The summed E-state index contributed by atoms with van der Waals surface area (Å²) in [5, 5.41) is 5.27. The van der Waals surface area contributed by atoms with Crippen molar-refractivity contribution in [3.8, 4) is 0 Å². The Labute approximate surface area is 131 Å². The van der Waals surface area contributed by atoms with Crippen LogP contribution in [-0.2, 0) is 16.1 Å². The molecule has 0 bridgehead atoms. The number of amides is 2. The fraction of sp³-hybridized carbons (Fsp3) is 0.625. The van der Waals surface area contributed by atoms with E-state index < -0.39 is 11.8 Å². The third-order valence-electron chi connectivity index (χ3n) is 4.14. The van der Waals surface area contributed by atoms with Crippen LogP contribution in [0, 0.1) is 5.92 Å². The zero-order valence-corrected chi connectivity index (χ0v) is 13.3. The summed E-state index contributed by atoms with van der Waals surface area (Å²) in [6, 6.07) is 4.06. The fourth-order valence-corrected chi connectivity index (χ4v) is 2.65. The van der Waals surface area contributed by atoms with Crippen LogP contribution in [0.25, 0.3) is 0 Å². The van der Waals surface area contributed by atoms with E-state index in [1.54, 1.807) is 12.1 Å². The average Bonchev–Trinajstić information content (AvgIpc) is 3.04. The van der Waals surface area contributed by atoms with Crippen molar-refractivity contribution in [1.82, 2.24) is 15.5 Å². The number of carbonyl (C=O) groups excluding carboxylic acids is 2. The quantitative estimate of drug-likeness (QED) is 0.800. The molecule has 0 aliphatic carbocycles. The standard InChI is InChI=1S/C16H25N3O3/c1-12(2)19-7-5-13(6-8-19)10-17-15(20)16(21)18-11-14-4-3-9-22-14/h3-4,9,12-13H,5-8,10-11H2,1-2H3,(H,17,20)(H,18,21). The second-order valence-corrected chi connectivity index (χ2v) is 6.05. The van der Waals surface area contributed by atoms with Crippen LogP contribution in [0.1, 0.15) is 32.4 Å². The van der Waals surface area contributed by atoms with Gasteiger partial charge in [0.05, 0.1) is 12.8 Å². The highest BCUT2D eigenvalue weighted by Gasteiger charge is 2.22. The van der Waals surface area contributed by atoms with E-state index in [0.717, 1.165) is 25.9 Å². The summed E-state index contributed by atoms with van der Waals surface area (Å²) in [7, 11) is 0. The predicted molar refractivity (Wildman–Crippen MR) is 83.0 cm³/mol. The van der Waals surface area contributed by atoms with E-state index in [2.05, 4.69) is 29.4 Å². The molecule has 1 aliphatic heterocycles. The monoisotopic (exact) mass is 307 g/mol. The molecule has 2 amide bonds. The Morgan fingerprint density at radius 3 is 2.55 bits per heavy atom. The van der Waals surface area contributed by atoms with Crippen LogP contribution in [0.4, 0.5) is 0 Å². The Hall–Kier alpha value is -1.82. The van der Waals surface area contributed by atoms with Gasteiger partial charge in [-0.25, -0.2) is 0 Å².